The van der Waals surface area contributed by atoms with Gasteiger partial charge in [-0.15, -0.1) is 0 Å². The van der Waals surface area contributed by atoms with Crippen LogP contribution in [0.2, 0.25) is 0 Å². The number of pyridine rings is 1. The summed E-state index contributed by atoms with van der Waals surface area (Å²) in [7, 11) is 0. The van der Waals surface area contributed by atoms with Crippen molar-refractivity contribution in [3.8, 4) is 26.8 Å². The van der Waals surface area contributed by atoms with E-state index >= 15 is 0 Å². The van der Waals surface area contributed by atoms with E-state index in [0.29, 0.717) is 0 Å². The monoisotopic (exact) mass is 428 g/mol. The predicted octanol–water partition coefficient (Wildman–Crippen LogP) is 4.78. The van der Waals surface area contributed by atoms with Crippen LogP contribution in [0.25, 0.3) is 37.7 Å². The topological polar surface area (TPSA) is 34.9 Å². The Bertz CT molecular complexity index is 1320. The molecule has 0 N–H and O–H groups in total. The van der Waals surface area contributed by atoms with E-state index in [1.165, 1.54) is 0 Å². The van der Waals surface area contributed by atoms with E-state index in [4.69, 9.17) is 0 Å². The molecule has 3 aromatic carbocycles. The molecule has 0 atom stereocenters. The van der Waals surface area contributed by atoms with Gasteiger partial charge < -0.3 is 0 Å². The zero-order valence-corrected chi connectivity index (χ0v) is 16.7. The minimum atomic E-state index is -0.171. The summed E-state index contributed by atoms with van der Waals surface area (Å²) in [5.74, 6) is 0. The zero-order chi connectivity index (χ0) is 18.9. The van der Waals surface area contributed by atoms with Gasteiger partial charge in [0, 0.05) is 0 Å². The van der Waals surface area contributed by atoms with Crippen LogP contribution in [0, 0.1) is 0 Å². The molecule has 0 spiro atoms. The molecule has 5 aromatic rings. The first kappa shape index (κ1) is 16.9. The second kappa shape index (κ2) is 7.08. The van der Waals surface area contributed by atoms with E-state index in [2.05, 4.69) is 17.1 Å². The average Bonchev–Trinajstić information content (AvgIpc) is 3.11. The van der Waals surface area contributed by atoms with E-state index in [-0.39, 0.29) is 20.3 Å². The Morgan fingerprint density at radius 3 is 2.14 bits per heavy atom. The molecular formula is C24H16N2OSe. The summed E-state index contributed by atoms with van der Waals surface area (Å²) in [6.07, 6.45) is 1.78. The van der Waals surface area contributed by atoms with Crippen molar-refractivity contribution in [2.75, 3.05) is 0 Å². The van der Waals surface area contributed by atoms with Crippen LogP contribution in [-0.2, 0) is 0 Å². The number of hydrogen-bond donors (Lipinski definition) is 0. The van der Waals surface area contributed by atoms with Crippen molar-refractivity contribution in [3.05, 3.63) is 108 Å². The van der Waals surface area contributed by atoms with Gasteiger partial charge >= 0.3 is 169 Å². The van der Waals surface area contributed by atoms with Crippen molar-refractivity contribution < 1.29 is 0 Å². The van der Waals surface area contributed by atoms with Crippen LogP contribution in [-0.4, -0.2) is 23.3 Å². The van der Waals surface area contributed by atoms with Crippen molar-refractivity contribution >= 4 is 25.6 Å². The molecule has 5 rings (SSSR count). The van der Waals surface area contributed by atoms with Gasteiger partial charge in [-0.2, -0.15) is 0 Å². The molecule has 134 valence electrons. The molecule has 0 amide bonds. The van der Waals surface area contributed by atoms with Gasteiger partial charge in [0.25, 0.3) is 0 Å². The summed E-state index contributed by atoms with van der Waals surface area (Å²) in [6.45, 7) is 0. The van der Waals surface area contributed by atoms with E-state index in [1.54, 1.807) is 6.20 Å². The Kier molecular flexibility index (Phi) is 4.28. The molecule has 0 aliphatic carbocycles. The van der Waals surface area contributed by atoms with Gasteiger partial charge in [0.05, 0.1) is 0 Å². The molecule has 0 fully saturated rings. The Balaban J connectivity index is 1.84. The number of hydrogen-bond acceptors (Lipinski definition) is 2. The molecule has 3 nitrogen and oxygen atoms in total. The molecular weight excluding hydrogens is 411 g/mol. The van der Waals surface area contributed by atoms with Crippen LogP contribution in [0.15, 0.2) is 102 Å². The third kappa shape index (κ3) is 2.84. The Morgan fingerprint density at radius 2 is 1.39 bits per heavy atom. The van der Waals surface area contributed by atoms with Crippen LogP contribution < -0.4 is 5.56 Å². The zero-order valence-electron chi connectivity index (χ0n) is 14.9. The van der Waals surface area contributed by atoms with Crippen LogP contribution in [0.5, 0.6) is 0 Å². The Morgan fingerprint density at radius 1 is 0.714 bits per heavy atom. The molecule has 4 heteroatoms. The van der Waals surface area contributed by atoms with E-state index < -0.39 is 0 Å². The van der Waals surface area contributed by atoms with E-state index in [1.807, 2.05) is 82.4 Å². The van der Waals surface area contributed by atoms with Crippen LogP contribution in [0.4, 0.5) is 0 Å². The van der Waals surface area contributed by atoms with Gasteiger partial charge in [0.1, 0.15) is 0 Å². The third-order valence-corrected chi connectivity index (χ3v) is 7.19. The molecule has 0 unspecified atom stereocenters. The molecule has 0 saturated carbocycles. The van der Waals surface area contributed by atoms with E-state index in [0.717, 1.165) is 37.7 Å². The van der Waals surface area contributed by atoms with Crippen LogP contribution in [0.3, 0.4) is 0 Å². The fourth-order valence-corrected chi connectivity index (χ4v) is 5.83. The second-order valence-corrected chi connectivity index (χ2v) is 8.48. The van der Waals surface area contributed by atoms with E-state index in [9.17, 15) is 4.79 Å². The average molecular weight is 427 g/mol. The molecule has 0 bridgehead atoms. The van der Waals surface area contributed by atoms with Gasteiger partial charge in [0.2, 0.25) is 0 Å². The van der Waals surface area contributed by atoms with Crippen molar-refractivity contribution in [1.82, 2.24) is 8.55 Å². The summed E-state index contributed by atoms with van der Waals surface area (Å²) >= 11 is -0.171. The summed E-state index contributed by atoms with van der Waals surface area (Å²) in [4.78, 5) is 18.1. The van der Waals surface area contributed by atoms with Crippen molar-refractivity contribution in [3.63, 3.8) is 0 Å². The fraction of sp³-hybridized carbons (Fsp3) is 0. The molecule has 0 aliphatic heterocycles. The number of rotatable bonds is 3. The fourth-order valence-electron chi connectivity index (χ4n) is 3.43. The standard InChI is InChI=1S/C24H16N2OSe/c27-24-21(17-9-3-1-4-10-17)23(19-11-5-2-6-12-19)28-26(24)20-15-7-13-18-14-8-16-25-22(18)20/h1-16H. The van der Waals surface area contributed by atoms with Gasteiger partial charge in [-0.1, -0.05) is 0 Å². The van der Waals surface area contributed by atoms with Gasteiger partial charge in [0.15, 0.2) is 0 Å². The van der Waals surface area contributed by atoms with Crippen LogP contribution >= 0.6 is 0 Å². The first-order chi connectivity index (χ1) is 13.8. The predicted molar refractivity (Wildman–Crippen MR) is 115 cm³/mol. The number of para-hydroxylation sites is 1. The van der Waals surface area contributed by atoms with Crippen molar-refractivity contribution in [2.24, 2.45) is 0 Å². The maximum atomic E-state index is 13.6. The summed E-state index contributed by atoms with van der Waals surface area (Å²) in [6, 6.07) is 30.1. The Hall–Kier alpha value is -3.20. The SMILES string of the molecule is O=c1c(-c2ccccc2)c(-c2ccccc2)[se]n1-c1cccc2cccnc12. The quantitative estimate of drug-likeness (QED) is 0.389. The normalized spacial score (nSPS) is 11.0. The van der Waals surface area contributed by atoms with Gasteiger partial charge in [-0.25, -0.2) is 0 Å². The van der Waals surface area contributed by atoms with Crippen LogP contribution in [0.1, 0.15) is 0 Å². The molecule has 0 radical (unpaired) electrons. The third-order valence-electron chi connectivity index (χ3n) is 4.74. The molecule has 2 heterocycles. The second-order valence-electron chi connectivity index (χ2n) is 6.48. The van der Waals surface area contributed by atoms with Gasteiger partial charge in [-0.05, 0) is 0 Å². The molecule has 0 aliphatic rings. The number of fused-ring (bicyclic) bond motifs is 1. The molecule has 2 aromatic heterocycles. The van der Waals surface area contributed by atoms with Gasteiger partial charge in [-0.3, -0.25) is 0 Å². The van der Waals surface area contributed by atoms with Crippen molar-refractivity contribution in [1.29, 1.82) is 0 Å². The number of nitrogens with zero attached hydrogens (tertiary/aromatic N) is 2. The first-order valence-electron chi connectivity index (χ1n) is 9.04. The Labute approximate surface area is 168 Å². The maximum absolute atomic E-state index is 13.6. The summed E-state index contributed by atoms with van der Waals surface area (Å²) in [5, 5.41) is 1.04. The summed E-state index contributed by atoms with van der Waals surface area (Å²) < 4.78 is 3.02. The van der Waals surface area contributed by atoms with Crippen molar-refractivity contribution in [2.45, 2.75) is 0 Å². The molecule has 0 saturated heterocycles. The first-order valence-corrected chi connectivity index (χ1v) is 10.7. The number of benzene rings is 3. The minimum absolute atomic E-state index is 0.0446. The molecule has 28 heavy (non-hydrogen) atoms. The number of aromatic nitrogens is 2. The summed E-state index contributed by atoms with van der Waals surface area (Å²) in [5.41, 5.74) is 4.64.